The highest BCUT2D eigenvalue weighted by molar-refractivity contribution is 9.10. The van der Waals surface area contributed by atoms with E-state index >= 15 is 0 Å². The summed E-state index contributed by atoms with van der Waals surface area (Å²) >= 11 is 3.07. The van der Waals surface area contributed by atoms with Crippen LogP contribution >= 0.6 is 15.9 Å². The third kappa shape index (κ3) is 3.75. The lowest BCUT2D eigenvalue weighted by atomic mass is 10.2. The highest BCUT2D eigenvalue weighted by atomic mass is 79.9. The Bertz CT molecular complexity index is 374. The Labute approximate surface area is 94.6 Å². The Morgan fingerprint density at radius 1 is 1.67 bits per heavy atom. The molecule has 1 aromatic heterocycles. The molecule has 1 amide bonds. The first kappa shape index (κ1) is 11.8. The first-order valence-corrected chi connectivity index (χ1v) is 5.05. The van der Waals surface area contributed by atoms with Crippen molar-refractivity contribution in [3.8, 4) is 0 Å². The largest absolute Gasteiger partial charge is 0.481 e. The molecular weight excluding hydrogens is 266 g/mol. The first-order valence-electron chi connectivity index (χ1n) is 4.25. The number of carbonyl (C=O) groups is 2. The zero-order valence-electron chi connectivity index (χ0n) is 7.99. The van der Waals surface area contributed by atoms with E-state index in [9.17, 15) is 9.59 Å². The molecule has 2 N–H and O–H groups in total. The lowest BCUT2D eigenvalue weighted by molar-refractivity contribution is -0.137. The molecule has 1 rings (SSSR count). The van der Waals surface area contributed by atoms with E-state index < -0.39 is 12.0 Å². The second kappa shape index (κ2) is 4.97. The average molecular weight is 276 g/mol. The van der Waals surface area contributed by atoms with Gasteiger partial charge < -0.3 is 14.8 Å². The molecule has 0 spiro atoms. The van der Waals surface area contributed by atoms with Crippen LogP contribution in [0, 0.1) is 0 Å². The number of nitrogens with one attached hydrogen (secondary N) is 1. The van der Waals surface area contributed by atoms with Crippen LogP contribution in [0.4, 0.5) is 0 Å². The van der Waals surface area contributed by atoms with Crippen molar-refractivity contribution in [2.75, 3.05) is 0 Å². The Kier molecular flexibility index (Phi) is 3.90. The van der Waals surface area contributed by atoms with Crippen molar-refractivity contribution in [2.45, 2.75) is 19.4 Å². The molecule has 1 unspecified atom stereocenters. The van der Waals surface area contributed by atoms with Crippen LogP contribution in [-0.2, 0) is 4.79 Å². The van der Waals surface area contributed by atoms with Crippen molar-refractivity contribution in [3.63, 3.8) is 0 Å². The number of aliphatic carboxylic acids is 1. The molecule has 0 saturated heterocycles. The van der Waals surface area contributed by atoms with Gasteiger partial charge in [0, 0.05) is 12.1 Å². The summed E-state index contributed by atoms with van der Waals surface area (Å²) in [6.45, 7) is 1.63. The number of rotatable bonds is 4. The van der Waals surface area contributed by atoms with Crippen LogP contribution in [0.15, 0.2) is 21.4 Å². The van der Waals surface area contributed by atoms with E-state index in [1.807, 2.05) is 0 Å². The second-order valence-electron chi connectivity index (χ2n) is 3.11. The van der Waals surface area contributed by atoms with Crippen LogP contribution < -0.4 is 5.32 Å². The fourth-order valence-electron chi connectivity index (χ4n) is 1.05. The fraction of sp³-hybridized carbons (Fsp3) is 0.333. The smallest absolute Gasteiger partial charge is 0.305 e. The maximum Gasteiger partial charge on any atom is 0.305 e. The molecule has 1 atom stereocenters. The van der Waals surface area contributed by atoms with Crippen LogP contribution in [0.5, 0.6) is 0 Å². The van der Waals surface area contributed by atoms with E-state index in [2.05, 4.69) is 21.2 Å². The normalized spacial score (nSPS) is 12.1. The van der Waals surface area contributed by atoms with Crippen LogP contribution in [-0.4, -0.2) is 23.0 Å². The highest BCUT2D eigenvalue weighted by Gasteiger charge is 2.14. The van der Waals surface area contributed by atoms with Gasteiger partial charge in [-0.3, -0.25) is 9.59 Å². The van der Waals surface area contributed by atoms with Crippen molar-refractivity contribution in [1.82, 2.24) is 5.32 Å². The van der Waals surface area contributed by atoms with Gasteiger partial charge in [0.05, 0.1) is 12.0 Å². The molecular formula is C9H10BrNO4. The number of hydrogen-bond donors (Lipinski definition) is 2. The van der Waals surface area contributed by atoms with E-state index in [-0.39, 0.29) is 12.3 Å². The van der Waals surface area contributed by atoms with Gasteiger partial charge in [0.25, 0.3) is 5.91 Å². The molecule has 0 bridgehead atoms. The van der Waals surface area contributed by atoms with Gasteiger partial charge in [-0.25, -0.2) is 0 Å². The molecule has 0 aliphatic heterocycles. The summed E-state index contributed by atoms with van der Waals surface area (Å²) < 4.78 is 5.34. The third-order valence-corrected chi connectivity index (χ3v) is 2.10. The number of carboxylic acids is 1. The van der Waals surface area contributed by atoms with Crippen molar-refractivity contribution >= 4 is 27.8 Å². The Balaban J connectivity index is 2.52. The quantitative estimate of drug-likeness (QED) is 0.876. The molecule has 0 saturated carbocycles. The Hall–Kier alpha value is -1.30. The number of furan rings is 1. The van der Waals surface area contributed by atoms with Gasteiger partial charge in [0.2, 0.25) is 0 Å². The van der Waals surface area contributed by atoms with Crippen molar-refractivity contribution in [2.24, 2.45) is 0 Å². The Morgan fingerprint density at radius 2 is 2.33 bits per heavy atom. The van der Waals surface area contributed by atoms with Crippen molar-refractivity contribution in [3.05, 3.63) is 22.6 Å². The SMILES string of the molecule is CC(CC(=O)O)NC(=O)c1coc(Br)c1. The number of carbonyl (C=O) groups excluding carboxylic acids is 1. The second-order valence-corrected chi connectivity index (χ2v) is 3.89. The highest BCUT2D eigenvalue weighted by Crippen LogP contribution is 2.13. The van der Waals surface area contributed by atoms with Gasteiger partial charge >= 0.3 is 5.97 Å². The molecule has 5 nitrogen and oxygen atoms in total. The van der Waals surface area contributed by atoms with Crippen LogP contribution in [0.1, 0.15) is 23.7 Å². The number of halogens is 1. The van der Waals surface area contributed by atoms with E-state index in [0.29, 0.717) is 10.2 Å². The van der Waals surface area contributed by atoms with Crippen LogP contribution in [0.3, 0.4) is 0 Å². The van der Waals surface area contributed by atoms with Crippen molar-refractivity contribution < 1.29 is 19.1 Å². The molecule has 0 fully saturated rings. The summed E-state index contributed by atoms with van der Waals surface area (Å²) in [4.78, 5) is 21.8. The maximum atomic E-state index is 11.5. The summed E-state index contributed by atoms with van der Waals surface area (Å²) in [6, 6.07) is 1.10. The zero-order valence-corrected chi connectivity index (χ0v) is 9.58. The molecule has 0 radical (unpaired) electrons. The maximum absolute atomic E-state index is 11.5. The topological polar surface area (TPSA) is 79.5 Å². The Morgan fingerprint density at radius 3 is 2.80 bits per heavy atom. The zero-order chi connectivity index (χ0) is 11.4. The molecule has 1 aromatic rings. The van der Waals surface area contributed by atoms with E-state index in [1.165, 1.54) is 12.3 Å². The number of hydrogen-bond acceptors (Lipinski definition) is 3. The van der Waals surface area contributed by atoms with Crippen molar-refractivity contribution in [1.29, 1.82) is 0 Å². The minimum absolute atomic E-state index is 0.106. The summed E-state index contributed by atoms with van der Waals surface area (Å²) in [7, 11) is 0. The number of carboxylic acid groups (broad SMARTS) is 1. The van der Waals surface area contributed by atoms with E-state index in [4.69, 9.17) is 9.52 Å². The van der Waals surface area contributed by atoms with Gasteiger partial charge in [-0.1, -0.05) is 0 Å². The van der Waals surface area contributed by atoms with Crippen LogP contribution in [0.25, 0.3) is 0 Å². The lowest BCUT2D eigenvalue weighted by Gasteiger charge is -2.09. The summed E-state index contributed by atoms with van der Waals surface area (Å²) in [5, 5.41) is 11.0. The standard InChI is InChI=1S/C9H10BrNO4/c1-5(2-8(12)13)11-9(14)6-3-7(10)15-4-6/h3-5H,2H2,1H3,(H,11,14)(H,12,13). The average Bonchev–Trinajstić information content (AvgIpc) is 2.49. The predicted molar refractivity (Wildman–Crippen MR) is 55.6 cm³/mol. The predicted octanol–water partition coefficient (Wildman–Crippen LogP) is 1.64. The molecule has 0 aliphatic rings. The number of amides is 1. The van der Waals surface area contributed by atoms with Crippen LogP contribution in [0.2, 0.25) is 0 Å². The first-order chi connectivity index (χ1) is 6.99. The van der Waals surface area contributed by atoms with E-state index in [1.54, 1.807) is 6.92 Å². The monoisotopic (exact) mass is 275 g/mol. The van der Waals surface area contributed by atoms with Gasteiger partial charge in [-0.15, -0.1) is 0 Å². The molecule has 1 heterocycles. The molecule has 6 heteroatoms. The molecule has 82 valence electrons. The van der Waals surface area contributed by atoms with E-state index in [0.717, 1.165) is 0 Å². The minimum Gasteiger partial charge on any atom is -0.481 e. The minimum atomic E-state index is -0.948. The van der Waals surface area contributed by atoms with Gasteiger partial charge in [-0.2, -0.15) is 0 Å². The fourth-order valence-corrected chi connectivity index (χ4v) is 1.39. The summed E-state index contributed by atoms with van der Waals surface area (Å²) in [5.41, 5.74) is 0.360. The molecule has 0 aromatic carbocycles. The van der Waals surface area contributed by atoms with Gasteiger partial charge in [-0.05, 0) is 22.9 Å². The van der Waals surface area contributed by atoms with Gasteiger partial charge in [0.1, 0.15) is 6.26 Å². The lowest BCUT2D eigenvalue weighted by Crippen LogP contribution is -2.33. The third-order valence-electron chi connectivity index (χ3n) is 1.69. The van der Waals surface area contributed by atoms with Gasteiger partial charge in [0.15, 0.2) is 4.67 Å². The molecule has 15 heavy (non-hydrogen) atoms. The summed E-state index contributed by atoms with van der Waals surface area (Å²) in [5.74, 6) is -1.30. The molecule has 0 aliphatic carbocycles. The summed E-state index contributed by atoms with van der Waals surface area (Å²) in [6.07, 6.45) is 1.19.